The highest BCUT2D eigenvalue weighted by Crippen LogP contribution is 2.28. The van der Waals surface area contributed by atoms with E-state index >= 15 is 0 Å². The van der Waals surface area contributed by atoms with E-state index in [2.05, 4.69) is 28.9 Å². The van der Waals surface area contributed by atoms with Gasteiger partial charge in [0.15, 0.2) is 0 Å². The summed E-state index contributed by atoms with van der Waals surface area (Å²) in [4.78, 5) is 40.5. The Balaban J connectivity index is 1.68. The molecule has 0 unspecified atom stereocenters. The highest BCUT2D eigenvalue weighted by molar-refractivity contribution is 5.91. The van der Waals surface area contributed by atoms with Gasteiger partial charge in [-0.1, -0.05) is 18.6 Å². The number of aromatic nitrogens is 2. The number of anilines is 1. The van der Waals surface area contributed by atoms with Crippen LogP contribution in [0.25, 0.3) is 10.9 Å². The number of hydrogen-bond acceptors (Lipinski definition) is 7. The number of carbonyl (C=O) groups excluding carboxylic acids is 2. The number of amides is 1. The Hall–Kier alpha value is -2.74. The highest BCUT2D eigenvalue weighted by Gasteiger charge is 2.30. The van der Waals surface area contributed by atoms with Gasteiger partial charge in [-0.05, 0) is 44.4 Å². The van der Waals surface area contributed by atoms with Gasteiger partial charge in [-0.2, -0.15) is 0 Å². The van der Waals surface area contributed by atoms with E-state index in [0.717, 1.165) is 80.0 Å². The lowest BCUT2D eigenvalue weighted by Gasteiger charge is -2.33. The Morgan fingerprint density at radius 1 is 1.06 bits per heavy atom. The molecule has 1 amide bonds. The minimum atomic E-state index is -0.240. The van der Waals surface area contributed by atoms with Crippen LogP contribution < -0.4 is 4.90 Å². The summed E-state index contributed by atoms with van der Waals surface area (Å²) in [7, 11) is 1.45. The van der Waals surface area contributed by atoms with Crippen LogP contribution in [0.5, 0.6) is 0 Å². The topological polar surface area (TPSA) is 78.9 Å². The van der Waals surface area contributed by atoms with Crippen LogP contribution in [0.4, 0.5) is 5.82 Å². The summed E-state index contributed by atoms with van der Waals surface area (Å²) in [5.41, 5.74) is 2.06. The van der Waals surface area contributed by atoms with E-state index in [1.165, 1.54) is 7.11 Å². The third-order valence-corrected chi connectivity index (χ3v) is 6.63. The maximum Gasteiger partial charge on any atom is 0.323 e. The number of esters is 1. The van der Waals surface area contributed by atoms with Crippen molar-refractivity contribution >= 4 is 28.6 Å². The molecule has 0 N–H and O–H groups in total. The molecule has 1 aromatic carbocycles. The first-order chi connectivity index (χ1) is 15.5. The van der Waals surface area contributed by atoms with Gasteiger partial charge in [-0.15, -0.1) is 0 Å². The standard InChI is InChI=1S/C24H33N5O3/c1-17-8-6-9-19-22(17)25-21(16-29-11-5-4-10-20(29)24(31)32-3)26-23(19)28-13-7-12-27(14-15-28)18(2)30/h6,8-9,20H,4-5,7,10-16H2,1-3H3/t20-/m1/s1. The average molecular weight is 440 g/mol. The summed E-state index contributed by atoms with van der Waals surface area (Å²) < 4.78 is 5.05. The van der Waals surface area contributed by atoms with Crippen molar-refractivity contribution in [3.05, 3.63) is 29.6 Å². The molecule has 8 nitrogen and oxygen atoms in total. The maximum absolute atomic E-state index is 12.3. The number of piperidine rings is 1. The Morgan fingerprint density at radius 2 is 1.91 bits per heavy atom. The van der Waals surface area contributed by atoms with Crippen molar-refractivity contribution in [3.63, 3.8) is 0 Å². The van der Waals surface area contributed by atoms with Crippen LogP contribution in [0.2, 0.25) is 0 Å². The van der Waals surface area contributed by atoms with E-state index in [1.807, 2.05) is 11.0 Å². The van der Waals surface area contributed by atoms with Crippen molar-refractivity contribution in [1.82, 2.24) is 19.8 Å². The zero-order valence-corrected chi connectivity index (χ0v) is 19.3. The first kappa shape index (κ1) is 22.5. The molecule has 2 fully saturated rings. The van der Waals surface area contributed by atoms with Crippen LogP contribution in [-0.2, 0) is 20.9 Å². The van der Waals surface area contributed by atoms with Crippen molar-refractivity contribution in [3.8, 4) is 0 Å². The van der Waals surface area contributed by atoms with E-state index in [0.29, 0.717) is 13.1 Å². The molecule has 0 spiro atoms. The fourth-order valence-corrected chi connectivity index (χ4v) is 4.85. The molecule has 2 aromatic rings. The number of carbonyl (C=O) groups is 2. The number of methoxy groups -OCH3 is 1. The summed E-state index contributed by atoms with van der Waals surface area (Å²) >= 11 is 0. The predicted molar refractivity (Wildman–Crippen MR) is 123 cm³/mol. The Bertz CT molecular complexity index is 995. The van der Waals surface area contributed by atoms with E-state index in [9.17, 15) is 9.59 Å². The smallest absolute Gasteiger partial charge is 0.323 e. The first-order valence-electron chi connectivity index (χ1n) is 11.6. The van der Waals surface area contributed by atoms with Crippen molar-refractivity contribution in [2.75, 3.05) is 44.7 Å². The van der Waals surface area contributed by atoms with Crippen LogP contribution >= 0.6 is 0 Å². The Morgan fingerprint density at radius 3 is 2.69 bits per heavy atom. The second-order valence-electron chi connectivity index (χ2n) is 8.79. The SMILES string of the molecule is COC(=O)[C@H]1CCCCN1Cc1nc(N2CCCN(C(C)=O)CC2)c2cccc(C)c2n1. The van der Waals surface area contributed by atoms with E-state index < -0.39 is 0 Å². The molecule has 3 heterocycles. The molecular formula is C24H33N5O3. The molecular weight excluding hydrogens is 406 g/mol. The van der Waals surface area contributed by atoms with Crippen molar-refractivity contribution in [2.24, 2.45) is 0 Å². The molecule has 8 heteroatoms. The third kappa shape index (κ3) is 4.70. The lowest BCUT2D eigenvalue weighted by molar-refractivity contribution is -0.148. The van der Waals surface area contributed by atoms with E-state index in [-0.39, 0.29) is 17.9 Å². The maximum atomic E-state index is 12.3. The number of hydrogen-bond donors (Lipinski definition) is 0. The van der Waals surface area contributed by atoms with Crippen LogP contribution in [-0.4, -0.2) is 77.5 Å². The molecule has 2 aliphatic rings. The van der Waals surface area contributed by atoms with Crippen molar-refractivity contribution < 1.29 is 14.3 Å². The van der Waals surface area contributed by atoms with Gasteiger partial charge in [0.25, 0.3) is 0 Å². The summed E-state index contributed by atoms with van der Waals surface area (Å²) in [6.45, 7) is 8.11. The van der Waals surface area contributed by atoms with Gasteiger partial charge in [-0.3, -0.25) is 14.5 Å². The molecule has 4 rings (SSSR count). The van der Waals surface area contributed by atoms with Gasteiger partial charge in [0.2, 0.25) is 5.91 Å². The number of para-hydroxylation sites is 1. The number of benzene rings is 1. The quantitative estimate of drug-likeness (QED) is 0.678. The van der Waals surface area contributed by atoms with Gasteiger partial charge in [0.05, 0.1) is 19.2 Å². The fraction of sp³-hybridized carbons (Fsp3) is 0.583. The zero-order valence-electron chi connectivity index (χ0n) is 19.3. The molecule has 172 valence electrons. The normalized spacial score (nSPS) is 20.3. The number of likely N-dealkylation sites (tertiary alicyclic amines) is 1. The minimum Gasteiger partial charge on any atom is -0.468 e. The van der Waals surface area contributed by atoms with Crippen LogP contribution in [0.15, 0.2) is 18.2 Å². The molecule has 2 saturated heterocycles. The van der Waals surface area contributed by atoms with Gasteiger partial charge in [0.1, 0.15) is 17.7 Å². The number of ether oxygens (including phenoxy) is 1. The largest absolute Gasteiger partial charge is 0.468 e. The van der Waals surface area contributed by atoms with Gasteiger partial charge in [0, 0.05) is 38.5 Å². The number of fused-ring (bicyclic) bond motifs is 1. The Kier molecular flexibility index (Phi) is 6.89. The molecule has 2 aliphatic heterocycles. The van der Waals surface area contributed by atoms with Crippen LogP contribution in [0, 0.1) is 6.92 Å². The first-order valence-corrected chi connectivity index (χ1v) is 11.6. The molecule has 1 atom stereocenters. The Labute approximate surface area is 189 Å². The lowest BCUT2D eigenvalue weighted by Crippen LogP contribution is -2.45. The van der Waals surface area contributed by atoms with Crippen LogP contribution in [0.1, 0.15) is 44.0 Å². The number of aryl methyl sites for hydroxylation is 1. The average Bonchev–Trinajstić information content (AvgIpc) is 3.05. The lowest BCUT2D eigenvalue weighted by atomic mass is 10.0. The summed E-state index contributed by atoms with van der Waals surface area (Å²) in [5.74, 6) is 1.59. The molecule has 0 aliphatic carbocycles. The predicted octanol–water partition coefficient (Wildman–Crippen LogP) is 2.52. The molecule has 32 heavy (non-hydrogen) atoms. The molecule has 0 radical (unpaired) electrons. The highest BCUT2D eigenvalue weighted by atomic mass is 16.5. The second-order valence-corrected chi connectivity index (χ2v) is 8.79. The molecule has 1 aromatic heterocycles. The third-order valence-electron chi connectivity index (χ3n) is 6.63. The second kappa shape index (κ2) is 9.81. The summed E-state index contributed by atoms with van der Waals surface area (Å²) in [6.07, 6.45) is 3.79. The van der Waals surface area contributed by atoms with Gasteiger partial charge in [-0.25, -0.2) is 9.97 Å². The molecule has 0 saturated carbocycles. The van der Waals surface area contributed by atoms with Gasteiger partial charge >= 0.3 is 5.97 Å². The number of nitrogens with zero attached hydrogens (tertiary/aromatic N) is 5. The van der Waals surface area contributed by atoms with Crippen LogP contribution in [0.3, 0.4) is 0 Å². The monoisotopic (exact) mass is 439 g/mol. The fourth-order valence-electron chi connectivity index (χ4n) is 4.85. The summed E-state index contributed by atoms with van der Waals surface area (Å²) in [6, 6.07) is 5.95. The van der Waals surface area contributed by atoms with Gasteiger partial charge < -0.3 is 14.5 Å². The molecule has 0 bridgehead atoms. The minimum absolute atomic E-state index is 0.120. The zero-order chi connectivity index (χ0) is 22.7. The number of rotatable bonds is 4. The summed E-state index contributed by atoms with van der Waals surface area (Å²) in [5, 5.41) is 1.04. The van der Waals surface area contributed by atoms with E-state index in [1.54, 1.807) is 6.92 Å². The van der Waals surface area contributed by atoms with Crippen molar-refractivity contribution in [2.45, 2.75) is 52.1 Å². The van der Waals surface area contributed by atoms with E-state index in [4.69, 9.17) is 14.7 Å². The van der Waals surface area contributed by atoms with Crippen molar-refractivity contribution in [1.29, 1.82) is 0 Å².